The lowest BCUT2D eigenvalue weighted by Crippen LogP contribution is -2.38. The first-order chi connectivity index (χ1) is 10.3. The van der Waals surface area contributed by atoms with Gasteiger partial charge in [0.05, 0.1) is 12.5 Å². The van der Waals surface area contributed by atoms with Crippen LogP contribution >= 0.6 is 0 Å². The van der Waals surface area contributed by atoms with E-state index in [0.717, 1.165) is 16.7 Å². The van der Waals surface area contributed by atoms with E-state index in [1.807, 2.05) is 32.9 Å². The first kappa shape index (κ1) is 16.5. The lowest BCUT2D eigenvalue weighted by Gasteiger charge is -2.25. The molecule has 0 bridgehead atoms. The molecule has 1 fully saturated rings. The van der Waals surface area contributed by atoms with E-state index in [4.69, 9.17) is 9.84 Å². The monoisotopic (exact) mass is 305 g/mol. The van der Waals surface area contributed by atoms with Crippen LogP contribution < -0.4 is 0 Å². The third-order valence-corrected chi connectivity index (χ3v) is 4.27. The van der Waals surface area contributed by atoms with Crippen molar-refractivity contribution in [1.82, 2.24) is 4.90 Å². The smallest absolute Gasteiger partial charge is 0.305 e. The minimum atomic E-state index is -0.892. The Morgan fingerprint density at radius 1 is 1.27 bits per heavy atom. The van der Waals surface area contributed by atoms with Crippen LogP contribution in [-0.4, -0.2) is 47.7 Å². The van der Waals surface area contributed by atoms with Crippen molar-refractivity contribution in [2.75, 3.05) is 13.7 Å². The minimum Gasteiger partial charge on any atom is -0.481 e. The molecule has 1 aliphatic rings. The summed E-state index contributed by atoms with van der Waals surface area (Å²) in [5, 5.41) is 9.07. The van der Waals surface area contributed by atoms with Crippen LogP contribution in [0.1, 0.15) is 39.9 Å². The number of likely N-dealkylation sites (tertiary alicyclic amines) is 1. The summed E-state index contributed by atoms with van der Waals surface area (Å²) in [6, 6.07) is 3.65. The Morgan fingerprint density at radius 3 is 2.36 bits per heavy atom. The number of aliphatic carboxylic acids is 1. The average molecular weight is 305 g/mol. The molecule has 5 nitrogen and oxygen atoms in total. The maximum atomic E-state index is 12.9. The Balaban J connectivity index is 2.32. The van der Waals surface area contributed by atoms with Gasteiger partial charge in [0.1, 0.15) is 0 Å². The Kier molecular flexibility index (Phi) is 4.86. The highest BCUT2D eigenvalue weighted by atomic mass is 16.5. The number of methoxy groups -OCH3 is 1. The fraction of sp³-hybridized carbons (Fsp3) is 0.529. The van der Waals surface area contributed by atoms with E-state index >= 15 is 0 Å². The van der Waals surface area contributed by atoms with Crippen molar-refractivity contribution >= 4 is 11.9 Å². The van der Waals surface area contributed by atoms with Gasteiger partial charge < -0.3 is 14.7 Å². The Bertz CT molecular complexity index is 573. The first-order valence-corrected chi connectivity index (χ1v) is 7.47. The van der Waals surface area contributed by atoms with Crippen molar-refractivity contribution < 1.29 is 19.4 Å². The standard InChI is InChI=1S/C17H23NO4/c1-10-5-11(2)16(12(3)6-10)17(21)18-9-14(22-4)7-13(18)8-15(19)20/h5-6,13-14H,7-9H2,1-4H3,(H,19,20). The number of aryl methyl sites for hydroxylation is 3. The Morgan fingerprint density at radius 2 is 1.86 bits per heavy atom. The van der Waals surface area contributed by atoms with Crippen LogP contribution in [0.2, 0.25) is 0 Å². The van der Waals surface area contributed by atoms with E-state index in [1.54, 1.807) is 12.0 Å². The van der Waals surface area contributed by atoms with Gasteiger partial charge in [-0.25, -0.2) is 0 Å². The molecule has 2 atom stereocenters. The number of hydrogen-bond acceptors (Lipinski definition) is 3. The van der Waals surface area contributed by atoms with Crippen molar-refractivity contribution in [2.24, 2.45) is 0 Å². The van der Waals surface area contributed by atoms with Gasteiger partial charge >= 0.3 is 5.97 Å². The molecule has 120 valence electrons. The fourth-order valence-electron chi connectivity index (χ4n) is 3.35. The van der Waals surface area contributed by atoms with E-state index < -0.39 is 5.97 Å². The molecule has 1 saturated heterocycles. The molecule has 1 aliphatic heterocycles. The molecule has 0 aliphatic carbocycles. The summed E-state index contributed by atoms with van der Waals surface area (Å²) in [5.74, 6) is -0.988. The van der Waals surface area contributed by atoms with Gasteiger partial charge in [-0.1, -0.05) is 17.7 Å². The van der Waals surface area contributed by atoms with E-state index in [0.29, 0.717) is 18.5 Å². The zero-order valence-electron chi connectivity index (χ0n) is 13.5. The van der Waals surface area contributed by atoms with Gasteiger partial charge in [-0.2, -0.15) is 0 Å². The van der Waals surface area contributed by atoms with Crippen LogP contribution in [0.4, 0.5) is 0 Å². The van der Waals surface area contributed by atoms with E-state index in [9.17, 15) is 9.59 Å². The van der Waals surface area contributed by atoms with Gasteiger partial charge in [0, 0.05) is 25.3 Å². The second kappa shape index (κ2) is 6.48. The highest BCUT2D eigenvalue weighted by molar-refractivity contribution is 5.97. The summed E-state index contributed by atoms with van der Waals surface area (Å²) in [4.78, 5) is 25.6. The number of ether oxygens (including phenoxy) is 1. The molecule has 0 radical (unpaired) electrons. The number of carboxylic acids is 1. The fourth-order valence-corrected chi connectivity index (χ4v) is 3.35. The molecular weight excluding hydrogens is 282 g/mol. The predicted octanol–water partition coefficient (Wildman–Crippen LogP) is 2.32. The number of benzene rings is 1. The third-order valence-electron chi connectivity index (χ3n) is 4.27. The van der Waals surface area contributed by atoms with Crippen LogP contribution in [-0.2, 0) is 9.53 Å². The number of rotatable bonds is 4. The predicted molar refractivity (Wildman–Crippen MR) is 83.1 cm³/mol. The number of hydrogen-bond donors (Lipinski definition) is 1. The van der Waals surface area contributed by atoms with Crippen molar-refractivity contribution in [3.63, 3.8) is 0 Å². The summed E-state index contributed by atoms with van der Waals surface area (Å²) >= 11 is 0. The molecule has 2 unspecified atom stereocenters. The highest BCUT2D eigenvalue weighted by Gasteiger charge is 2.37. The van der Waals surface area contributed by atoms with Crippen molar-refractivity contribution in [1.29, 1.82) is 0 Å². The molecule has 1 aromatic carbocycles. The van der Waals surface area contributed by atoms with Crippen LogP contribution in [0, 0.1) is 20.8 Å². The van der Waals surface area contributed by atoms with Crippen LogP contribution in [0.3, 0.4) is 0 Å². The Hall–Kier alpha value is -1.88. The lowest BCUT2D eigenvalue weighted by atomic mass is 9.98. The summed E-state index contributed by atoms with van der Waals surface area (Å²) in [6.45, 7) is 6.28. The van der Waals surface area contributed by atoms with Crippen LogP contribution in [0.15, 0.2) is 12.1 Å². The van der Waals surface area contributed by atoms with Crippen molar-refractivity contribution in [3.8, 4) is 0 Å². The highest BCUT2D eigenvalue weighted by Crippen LogP contribution is 2.27. The second-order valence-electron chi connectivity index (χ2n) is 6.08. The lowest BCUT2D eigenvalue weighted by molar-refractivity contribution is -0.137. The van der Waals surface area contributed by atoms with Gasteiger partial charge in [-0.15, -0.1) is 0 Å². The summed E-state index contributed by atoms with van der Waals surface area (Å²) in [6.07, 6.45) is 0.424. The molecule has 1 N–H and O–H groups in total. The third kappa shape index (κ3) is 3.30. The topological polar surface area (TPSA) is 66.8 Å². The molecule has 1 aromatic rings. The normalized spacial score (nSPS) is 21.2. The molecule has 1 heterocycles. The molecule has 22 heavy (non-hydrogen) atoms. The molecule has 2 rings (SSSR count). The van der Waals surface area contributed by atoms with E-state index in [1.165, 1.54) is 0 Å². The number of amides is 1. The molecule has 0 spiro atoms. The van der Waals surface area contributed by atoms with Gasteiger partial charge in [-0.3, -0.25) is 9.59 Å². The first-order valence-electron chi connectivity index (χ1n) is 7.47. The largest absolute Gasteiger partial charge is 0.481 e. The summed E-state index contributed by atoms with van der Waals surface area (Å²) < 4.78 is 5.33. The van der Waals surface area contributed by atoms with Crippen molar-refractivity contribution in [3.05, 3.63) is 34.4 Å². The van der Waals surface area contributed by atoms with E-state index in [2.05, 4.69) is 0 Å². The summed E-state index contributed by atoms with van der Waals surface area (Å²) in [5.41, 5.74) is 3.65. The van der Waals surface area contributed by atoms with Gasteiger partial charge in [0.2, 0.25) is 0 Å². The number of carboxylic acid groups (broad SMARTS) is 1. The second-order valence-corrected chi connectivity index (χ2v) is 6.08. The summed E-state index contributed by atoms with van der Waals surface area (Å²) in [7, 11) is 1.60. The quantitative estimate of drug-likeness (QED) is 0.927. The maximum absolute atomic E-state index is 12.9. The van der Waals surface area contributed by atoms with Crippen LogP contribution in [0.25, 0.3) is 0 Å². The maximum Gasteiger partial charge on any atom is 0.305 e. The molecule has 1 amide bonds. The molecule has 0 saturated carbocycles. The average Bonchev–Trinajstić information content (AvgIpc) is 2.79. The molecule has 0 aromatic heterocycles. The van der Waals surface area contributed by atoms with Crippen molar-refractivity contribution in [2.45, 2.75) is 45.8 Å². The number of carbonyl (C=O) groups excluding carboxylic acids is 1. The Labute approximate surface area is 130 Å². The van der Waals surface area contributed by atoms with E-state index in [-0.39, 0.29) is 24.5 Å². The SMILES string of the molecule is COC1CC(CC(=O)O)N(C(=O)c2c(C)cc(C)cc2C)C1. The number of nitrogens with zero attached hydrogens (tertiary/aromatic N) is 1. The number of carbonyl (C=O) groups is 2. The molecular formula is C17H23NO4. The van der Waals surface area contributed by atoms with Gasteiger partial charge in [0.15, 0.2) is 0 Å². The zero-order valence-corrected chi connectivity index (χ0v) is 13.5. The minimum absolute atomic E-state index is 0.0461. The zero-order chi connectivity index (χ0) is 16.4. The van der Waals surface area contributed by atoms with Gasteiger partial charge in [-0.05, 0) is 38.3 Å². The molecule has 5 heteroatoms. The van der Waals surface area contributed by atoms with Gasteiger partial charge in [0.25, 0.3) is 5.91 Å². The van der Waals surface area contributed by atoms with Crippen LogP contribution in [0.5, 0.6) is 0 Å².